The molecule has 6 nitrogen and oxygen atoms in total. The summed E-state index contributed by atoms with van der Waals surface area (Å²) in [5.41, 5.74) is 0.431. The summed E-state index contributed by atoms with van der Waals surface area (Å²) in [7, 11) is 1.73. The van der Waals surface area contributed by atoms with E-state index in [0.29, 0.717) is 5.56 Å². The molecule has 0 spiro atoms. The quantitative estimate of drug-likeness (QED) is 0.499. The number of carbonyl (C=O) groups excluding carboxylic acids is 1. The molecule has 2 rings (SSSR count). The van der Waals surface area contributed by atoms with E-state index in [0.717, 1.165) is 13.1 Å². The van der Waals surface area contributed by atoms with E-state index in [4.69, 9.17) is 0 Å². The van der Waals surface area contributed by atoms with Crippen molar-refractivity contribution in [3.63, 3.8) is 0 Å². The normalized spacial score (nSPS) is 15.2. The number of nitrogens with zero attached hydrogens (tertiary/aromatic N) is 2. The van der Waals surface area contributed by atoms with Crippen LogP contribution < -0.4 is 5.32 Å². The number of rotatable bonds is 4. The van der Waals surface area contributed by atoms with E-state index in [9.17, 15) is 14.9 Å². The Morgan fingerprint density at radius 1 is 1.47 bits per heavy atom. The fourth-order valence-corrected chi connectivity index (χ4v) is 1.80. The smallest absolute Gasteiger partial charge is 0.276 e. The Morgan fingerprint density at radius 2 is 2.16 bits per heavy atom. The number of nitrogens with one attached hydrogen (secondary N) is 1. The summed E-state index contributed by atoms with van der Waals surface area (Å²) in [6, 6.07) is 6.55. The van der Waals surface area contributed by atoms with Gasteiger partial charge < -0.3 is 10.2 Å². The number of benzene rings is 1. The molecule has 1 fully saturated rings. The van der Waals surface area contributed by atoms with Crippen LogP contribution in [0.5, 0.6) is 0 Å². The molecular weight excluding hydrogens is 246 g/mol. The fourth-order valence-electron chi connectivity index (χ4n) is 1.80. The number of para-hydroxylation sites is 1. The number of hydrogen-bond acceptors (Lipinski definition) is 4. The highest BCUT2D eigenvalue weighted by atomic mass is 16.6. The molecule has 0 aliphatic carbocycles. The zero-order valence-corrected chi connectivity index (χ0v) is 10.6. The summed E-state index contributed by atoms with van der Waals surface area (Å²) in [6.07, 6.45) is 2.86. The number of likely N-dealkylation sites (N-methyl/N-ethyl adjacent to an activating group) is 1. The maximum absolute atomic E-state index is 11.9. The van der Waals surface area contributed by atoms with Gasteiger partial charge in [-0.05, 0) is 12.1 Å². The number of nitro benzene ring substituents is 1. The minimum absolute atomic E-state index is 0.000450. The maximum Gasteiger partial charge on any atom is 0.276 e. The number of amides is 1. The Kier molecular flexibility index (Phi) is 3.91. The van der Waals surface area contributed by atoms with Crippen molar-refractivity contribution < 1.29 is 9.72 Å². The SMILES string of the molecule is CN(C(=O)C=Cc1ccccc1[N+](=O)[O-])C1CNC1. The molecule has 1 amide bonds. The average molecular weight is 261 g/mol. The van der Waals surface area contributed by atoms with Gasteiger partial charge in [0, 0.05) is 32.3 Å². The van der Waals surface area contributed by atoms with Gasteiger partial charge in [0.1, 0.15) is 0 Å². The van der Waals surface area contributed by atoms with Crippen LogP contribution in [0.15, 0.2) is 30.3 Å². The van der Waals surface area contributed by atoms with Crippen LogP contribution in [0.4, 0.5) is 5.69 Å². The van der Waals surface area contributed by atoms with Crippen LogP contribution in [0.1, 0.15) is 5.56 Å². The van der Waals surface area contributed by atoms with E-state index in [1.54, 1.807) is 30.1 Å². The lowest BCUT2D eigenvalue weighted by Crippen LogP contribution is -2.57. The Bertz CT molecular complexity index is 524. The van der Waals surface area contributed by atoms with Gasteiger partial charge in [-0.3, -0.25) is 14.9 Å². The second-order valence-corrected chi connectivity index (χ2v) is 4.41. The molecule has 0 saturated carbocycles. The van der Waals surface area contributed by atoms with Gasteiger partial charge in [0.25, 0.3) is 5.69 Å². The lowest BCUT2D eigenvalue weighted by molar-refractivity contribution is -0.385. The van der Waals surface area contributed by atoms with Crippen molar-refractivity contribution in [3.8, 4) is 0 Å². The van der Waals surface area contributed by atoms with Crippen molar-refractivity contribution in [2.45, 2.75) is 6.04 Å². The van der Waals surface area contributed by atoms with Gasteiger partial charge in [0.2, 0.25) is 5.91 Å². The van der Waals surface area contributed by atoms with E-state index in [-0.39, 0.29) is 17.6 Å². The molecule has 19 heavy (non-hydrogen) atoms. The Labute approximate surface area is 110 Å². The van der Waals surface area contributed by atoms with Crippen molar-refractivity contribution in [1.82, 2.24) is 10.2 Å². The summed E-state index contributed by atoms with van der Waals surface area (Å²) < 4.78 is 0. The van der Waals surface area contributed by atoms with Crippen LogP contribution in [-0.4, -0.2) is 41.9 Å². The summed E-state index contributed by atoms with van der Waals surface area (Å²) in [5.74, 6) is -0.148. The first-order chi connectivity index (χ1) is 9.09. The Balaban J connectivity index is 2.09. The molecular formula is C13H15N3O3. The Hall–Kier alpha value is -2.21. The lowest BCUT2D eigenvalue weighted by Gasteiger charge is -2.34. The summed E-state index contributed by atoms with van der Waals surface area (Å²) in [6.45, 7) is 1.59. The van der Waals surface area contributed by atoms with Gasteiger partial charge in [0.05, 0.1) is 16.5 Å². The molecule has 1 aromatic carbocycles. The molecule has 100 valence electrons. The standard InChI is InChI=1S/C13H15N3O3/c1-15(11-8-14-9-11)13(17)7-6-10-4-2-3-5-12(10)16(18)19/h2-7,11,14H,8-9H2,1H3. The molecule has 0 radical (unpaired) electrons. The van der Waals surface area contributed by atoms with Crippen LogP contribution in [0.3, 0.4) is 0 Å². The maximum atomic E-state index is 11.9. The van der Waals surface area contributed by atoms with Gasteiger partial charge in [-0.2, -0.15) is 0 Å². The molecule has 1 aromatic rings. The fraction of sp³-hybridized carbons (Fsp3) is 0.308. The van der Waals surface area contributed by atoms with Crippen LogP contribution in [-0.2, 0) is 4.79 Å². The molecule has 0 aromatic heterocycles. The minimum Gasteiger partial charge on any atom is -0.337 e. The minimum atomic E-state index is -0.455. The second kappa shape index (κ2) is 5.62. The third-order valence-electron chi connectivity index (χ3n) is 3.19. The van der Waals surface area contributed by atoms with Crippen LogP contribution in [0, 0.1) is 10.1 Å². The first kappa shape index (κ1) is 13.2. The van der Waals surface area contributed by atoms with Gasteiger partial charge in [-0.1, -0.05) is 12.1 Å². The third kappa shape index (κ3) is 2.97. The van der Waals surface area contributed by atoms with Crippen LogP contribution in [0.2, 0.25) is 0 Å². The first-order valence-electron chi connectivity index (χ1n) is 5.98. The molecule has 0 bridgehead atoms. The van der Waals surface area contributed by atoms with Crippen LogP contribution in [0.25, 0.3) is 6.08 Å². The molecule has 1 heterocycles. The summed E-state index contributed by atoms with van der Waals surface area (Å²) in [5, 5.41) is 13.9. The molecule has 1 aliphatic rings. The number of hydrogen-bond donors (Lipinski definition) is 1. The predicted molar refractivity (Wildman–Crippen MR) is 71.6 cm³/mol. The summed E-state index contributed by atoms with van der Waals surface area (Å²) >= 11 is 0. The highest BCUT2D eigenvalue weighted by Gasteiger charge is 2.23. The Morgan fingerprint density at radius 3 is 2.74 bits per heavy atom. The molecule has 1 N–H and O–H groups in total. The molecule has 6 heteroatoms. The van der Waals surface area contributed by atoms with Crippen molar-refractivity contribution >= 4 is 17.7 Å². The van der Waals surface area contributed by atoms with E-state index < -0.39 is 4.92 Å². The second-order valence-electron chi connectivity index (χ2n) is 4.41. The van der Waals surface area contributed by atoms with Crippen LogP contribution >= 0.6 is 0 Å². The highest BCUT2D eigenvalue weighted by Crippen LogP contribution is 2.19. The number of nitro groups is 1. The zero-order valence-electron chi connectivity index (χ0n) is 10.6. The highest BCUT2D eigenvalue weighted by molar-refractivity contribution is 5.92. The molecule has 0 atom stereocenters. The van der Waals surface area contributed by atoms with Gasteiger partial charge in [-0.15, -0.1) is 0 Å². The third-order valence-corrected chi connectivity index (χ3v) is 3.19. The molecule has 1 aliphatic heterocycles. The van der Waals surface area contributed by atoms with Crippen molar-refractivity contribution in [1.29, 1.82) is 0 Å². The predicted octanol–water partition coefficient (Wildman–Crippen LogP) is 1.04. The lowest BCUT2D eigenvalue weighted by atomic mass is 10.1. The zero-order chi connectivity index (χ0) is 13.8. The summed E-state index contributed by atoms with van der Waals surface area (Å²) in [4.78, 5) is 23.9. The van der Waals surface area contributed by atoms with Crippen molar-refractivity contribution in [2.24, 2.45) is 0 Å². The van der Waals surface area contributed by atoms with E-state index in [1.165, 1.54) is 18.2 Å². The van der Waals surface area contributed by atoms with Crippen molar-refractivity contribution in [3.05, 3.63) is 46.0 Å². The van der Waals surface area contributed by atoms with Crippen molar-refractivity contribution in [2.75, 3.05) is 20.1 Å². The van der Waals surface area contributed by atoms with E-state index in [2.05, 4.69) is 5.32 Å². The van der Waals surface area contributed by atoms with E-state index >= 15 is 0 Å². The van der Waals surface area contributed by atoms with Gasteiger partial charge in [0.15, 0.2) is 0 Å². The topological polar surface area (TPSA) is 75.5 Å². The first-order valence-corrected chi connectivity index (χ1v) is 5.98. The number of carbonyl (C=O) groups is 1. The van der Waals surface area contributed by atoms with Gasteiger partial charge >= 0.3 is 0 Å². The monoisotopic (exact) mass is 261 g/mol. The largest absolute Gasteiger partial charge is 0.337 e. The molecule has 1 saturated heterocycles. The van der Waals surface area contributed by atoms with Gasteiger partial charge in [-0.25, -0.2) is 0 Å². The molecule has 0 unspecified atom stereocenters. The average Bonchev–Trinajstić information content (AvgIpc) is 2.34. The van der Waals surface area contributed by atoms with E-state index in [1.807, 2.05) is 0 Å².